The molecule has 2 N–H and O–H groups in total. The number of anilines is 1. The predicted molar refractivity (Wildman–Crippen MR) is 86.0 cm³/mol. The van der Waals surface area contributed by atoms with Gasteiger partial charge in [0.25, 0.3) is 0 Å². The number of nitrogens with one attached hydrogen (secondary N) is 1. The molecule has 0 bridgehead atoms. The first-order valence-electron chi connectivity index (χ1n) is 7.68. The Morgan fingerprint density at radius 3 is 2.52 bits per heavy atom. The van der Waals surface area contributed by atoms with Crippen LogP contribution in [-0.4, -0.2) is 23.7 Å². The van der Waals surface area contributed by atoms with Crippen molar-refractivity contribution in [3.63, 3.8) is 0 Å². The number of unbranched alkanes of at least 4 members (excludes halogenated alkanes) is 4. The summed E-state index contributed by atoms with van der Waals surface area (Å²) in [4.78, 5) is 11.6. The van der Waals surface area contributed by atoms with E-state index in [4.69, 9.17) is 4.74 Å². The zero-order valence-electron chi connectivity index (χ0n) is 13.3. The summed E-state index contributed by atoms with van der Waals surface area (Å²) >= 11 is 0. The molecule has 0 spiro atoms. The summed E-state index contributed by atoms with van der Waals surface area (Å²) in [7, 11) is 1.59. The maximum absolute atomic E-state index is 11.6. The Balaban J connectivity index is 2.69. The minimum atomic E-state index is -0.971. The number of benzene rings is 1. The highest BCUT2D eigenvalue weighted by Crippen LogP contribution is 2.29. The second-order valence-electron chi connectivity index (χ2n) is 5.63. The summed E-state index contributed by atoms with van der Waals surface area (Å²) < 4.78 is 5.27. The van der Waals surface area contributed by atoms with Crippen molar-refractivity contribution in [2.45, 2.75) is 57.9 Å². The first-order chi connectivity index (χ1) is 10.0. The monoisotopic (exact) mass is 293 g/mol. The predicted octanol–water partition coefficient (Wildman–Crippen LogP) is 4.31. The third-order valence-corrected chi connectivity index (χ3v) is 3.77. The van der Waals surface area contributed by atoms with Crippen molar-refractivity contribution < 1.29 is 14.6 Å². The maximum atomic E-state index is 11.6. The number of methoxy groups -OCH3 is 1. The molecule has 0 amide bonds. The summed E-state index contributed by atoms with van der Waals surface area (Å²) in [6.07, 6.45) is 6.15. The molecule has 0 fully saturated rings. The number of carboxylic acid groups (broad SMARTS) is 1. The van der Waals surface area contributed by atoms with Crippen LogP contribution in [0.3, 0.4) is 0 Å². The van der Waals surface area contributed by atoms with Gasteiger partial charge < -0.3 is 15.2 Å². The molecule has 118 valence electrons. The SMILES string of the molecule is CCCCCCCC(C)(Nc1ccccc1OC)C(=O)O. The van der Waals surface area contributed by atoms with Gasteiger partial charge in [0.1, 0.15) is 11.3 Å². The average molecular weight is 293 g/mol. The van der Waals surface area contributed by atoms with Gasteiger partial charge in [-0.1, -0.05) is 51.2 Å². The summed E-state index contributed by atoms with van der Waals surface area (Å²) in [5.41, 5.74) is -0.251. The molecule has 0 saturated heterocycles. The third-order valence-electron chi connectivity index (χ3n) is 3.77. The standard InChI is InChI=1S/C17H27NO3/c1-4-5-6-7-10-13-17(2,16(19)20)18-14-11-8-9-12-15(14)21-3/h8-9,11-12,18H,4-7,10,13H2,1-3H3,(H,19,20). The Hall–Kier alpha value is -1.71. The fourth-order valence-corrected chi connectivity index (χ4v) is 2.35. The molecule has 0 heterocycles. The number of hydrogen-bond donors (Lipinski definition) is 2. The van der Waals surface area contributed by atoms with Gasteiger partial charge in [0.05, 0.1) is 12.8 Å². The van der Waals surface area contributed by atoms with Gasteiger partial charge in [0.15, 0.2) is 0 Å². The quantitative estimate of drug-likeness (QED) is 0.631. The molecule has 1 unspecified atom stereocenters. The van der Waals surface area contributed by atoms with Crippen molar-refractivity contribution in [3.8, 4) is 5.75 Å². The first kappa shape index (κ1) is 17.3. The number of carbonyl (C=O) groups is 1. The molecule has 1 aromatic rings. The third kappa shape index (κ3) is 5.29. The van der Waals surface area contributed by atoms with E-state index in [1.165, 1.54) is 19.3 Å². The highest BCUT2D eigenvalue weighted by atomic mass is 16.5. The minimum Gasteiger partial charge on any atom is -0.495 e. The van der Waals surface area contributed by atoms with Gasteiger partial charge in [-0.15, -0.1) is 0 Å². The topological polar surface area (TPSA) is 58.6 Å². The normalized spacial score (nSPS) is 13.5. The van der Waals surface area contributed by atoms with Crippen LogP contribution in [0.25, 0.3) is 0 Å². The lowest BCUT2D eigenvalue weighted by molar-refractivity contribution is -0.142. The fourth-order valence-electron chi connectivity index (χ4n) is 2.35. The number of rotatable bonds is 10. The van der Waals surface area contributed by atoms with E-state index in [0.29, 0.717) is 12.2 Å². The average Bonchev–Trinajstić information content (AvgIpc) is 2.47. The molecule has 0 aliphatic heterocycles. The summed E-state index contributed by atoms with van der Waals surface area (Å²) in [6.45, 7) is 3.91. The van der Waals surface area contributed by atoms with E-state index in [-0.39, 0.29) is 0 Å². The van der Waals surface area contributed by atoms with E-state index in [1.54, 1.807) is 14.0 Å². The Kier molecular flexibility index (Phi) is 7.06. The van der Waals surface area contributed by atoms with E-state index in [2.05, 4.69) is 12.2 Å². The van der Waals surface area contributed by atoms with E-state index in [1.807, 2.05) is 24.3 Å². The summed E-state index contributed by atoms with van der Waals surface area (Å²) in [6, 6.07) is 7.41. The highest BCUT2D eigenvalue weighted by Gasteiger charge is 2.33. The minimum absolute atomic E-state index is 0.601. The number of hydrogen-bond acceptors (Lipinski definition) is 3. The highest BCUT2D eigenvalue weighted by molar-refractivity contribution is 5.83. The van der Waals surface area contributed by atoms with Crippen molar-refractivity contribution in [3.05, 3.63) is 24.3 Å². The molecule has 1 atom stereocenters. The van der Waals surface area contributed by atoms with Gasteiger partial charge in [-0.25, -0.2) is 4.79 Å². The molecular weight excluding hydrogens is 266 g/mol. The second-order valence-corrected chi connectivity index (χ2v) is 5.63. The lowest BCUT2D eigenvalue weighted by atomic mass is 9.93. The first-order valence-corrected chi connectivity index (χ1v) is 7.68. The number of carboxylic acids is 1. The van der Waals surface area contributed by atoms with Crippen LogP contribution in [0.15, 0.2) is 24.3 Å². The zero-order valence-corrected chi connectivity index (χ0v) is 13.3. The molecule has 4 nitrogen and oxygen atoms in total. The molecule has 0 aliphatic carbocycles. The van der Waals surface area contributed by atoms with Crippen molar-refractivity contribution >= 4 is 11.7 Å². The van der Waals surface area contributed by atoms with Crippen LogP contribution in [0, 0.1) is 0 Å². The van der Waals surface area contributed by atoms with E-state index >= 15 is 0 Å². The van der Waals surface area contributed by atoms with Crippen molar-refractivity contribution in [1.29, 1.82) is 0 Å². The van der Waals surface area contributed by atoms with E-state index < -0.39 is 11.5 Å². The molecule has 1 rings (SSSR count). The molecule has 21 heavy (non-hydrogen) atoms. The molecule has 0 aliphatic rings. The van der Waals surface area contributed by atoms with Crippen molar-refractivity contribution in [1.82, 2.24) is 0 Å². The fraction of sp³-hybridized carbons (Fsp3) is 0.588. The maximum Gasteiger partial charge on any atom is 0.329 e. The summed E-state index contributed by atoms with van der Waals surface area (Å²) in [5.74, 6) is -0.167. The Morgan fingerprint density at radius 2 is 1.90 bits per heavy atom. The Bertz CT molecular complexity index is 447. The van der Waals surface area contributed by atoms with Gasteiger partial charge in [0.2, 0.25) is 0 Å². The van der Waals surface area contributed by atoms with Gasteiger partial charge >= 0.3 is 5.97 Å². The van der Waals surface area contributed by atoms with E-state index in [0.717, 1.165) is 18.5 Å². The van der Waals surface area contributed by atoms with Crippen LogP contribution in [0.4, 0.5) is 5.69 Å². The Labute approximate surface area is 127 Å². The molecule has 4 heteroatoms. The lowest BCUT2D eigenvalue weighted by Gasteiger charge is -2.28. The van der Waals surface area contributed by atoms with Crippen LogP contribution >= 0.6 is 0 Å². The number of ether oxygens (including phenoxy) is 1. The second kappa shape index (κ2) is 8.55. The zero-order chi connectivity index (χ0) is 15.7. The van der Waals surface area contributed by atoms with E-state index in [9.17, 15) is 9.90 Å². The van der Waals surface area contributed by atoms with Crippen LogP contribution in [0.5, 0.6) is 5.75 Å². The molecule has 1 aromatic carbocycles. The molecule has 0 aromatic heterocycles. The van der Waals surface area contributed by atoms with Crippen LogP contribution in [-0.2, 0) is 4.79 Å². The molecule has 0 saturated carbocycles. The van der Waals surface area contributed by atoms with Gasteiger partial charge in [0, 0.05) is 0 Å². The summed E-state index contributed by atoms with van der Waals surface area (Å²) in [5, 5.41) is 12.7. The van der Waals surface area contributed by atoms with Gasteiger partial charge in [-0.3, -0.25) is 0 Å². The molecular formula is C17H27NO3. The van der Waals surface area contributed by atoms with Crippen LogP contribution in [0.2, 0.25) is 0 Å². The van der Waals surface area contributed by atoms with Gasteiger partial charge in [-0.2, -0.15) is 0 Å². The number of aliphatic carboxylic acids is 1. The van der Waals surface area contributed by atoms with Crippen LogP contribution < -0.4 is 10.1 Å². The van der Waals surface area contributed by atoms with Gasteiger partial charge in [-0.05, 0) is 25.5 Å². The van der Waals surface area contributed by atoms with Crippen molar-refractivity contribution in [2.75, 3.05) is 12.4 Å². The smallest absolute Gasteiger partial charge is 0.329 e. The largest absolute Gasteiger partial charge is 0.495 e. The van der Waals surface area contributed by atoms with Crippen LogP contribution in [0.1, 0.15) is 52.4 Å². The number of para-hydroxylation sites is 2. The Morgan fingerprint density at radius 1 is 1.24 bits per heavy atom. The van der Waals surface area contributed by atoms with Crippen molar-refractivity contribution in [2.24, 2.45) is 0 Å². The molecule has 0 radical (unpaired) electrons. The lowest BCUT2D eigenvalue weighted by Crippen LogP contribution is -2.43.